The van der Waals surface area contributed by atoms with Crippen molar-refractivity contribution >= 4 is 0 Å². The van der Waals surface area contributed by atoms with Gasteiger partial charge in [-0.3, -0.25) is 0 Å². The van der Waals surface area contributed by atoms with Gasteiger partial charge in [-0.1, -0.05) is 50.3 Å². The first kappa shape index (κ1) is 10.8. The lowest BCUT2D eigenvalue weighted by molar-refractivity contribution is 0.211. The SMILES string of the molecule is C=C=C(CCC)[C@H](O)c1ccccc1. The van der Waals surface area contributed by atoms with E-state index in [0.717, 1.165) is 24.0 Å². The van der Waals surface area contributed by atoms with E-state index in [9.17, 15) is 5.11 Å². The summed E-state index contributed by atoms with van der Waals surface area (Å²) in [6.45, 7) is 5.68. The Morgan fingerprint density at radius 1 is 1.43 bits per heavy atom. The summed E-state index contributed by atoms with van der Waals surface area (Å²) in [5.74, 6) is 0. The fraction of sp³-hybridized carbons (Fsp3) is 0.308. The smallest absolute Gasteiger partial charge is 0.107 e. The van der Waals surface area contributed by atoms with Gasteiger partial charge in [0, 0.05) is 5.57 Å². The molecule has 1 rings (SSSR count). The topological polar surface area (TPSA) is 20.2 Å². The van der Waals surface area contributed by atoms with Crippen molar-refractivity contribution in [2.45, 2.75) is 25.9 Å². The minimum atomic E-state index is -0.548. The summed E-state index contributed by atoms with van der Waals surface area (Å²) in [6, 6.07) is 9.61. The summed E-state index contributed by atoms with van der Waals surface area (Å²) in [4.78, 5) is 0. The second kappa shape index (κ2) is 5.43. The molecule has 0 radical (unpaired) electrons. The average molecular weight is 188 g/mol. The summed E-state index contributed by atoms with van der Waals surface area (Å²) in [5.41, 5.74) is 4.60. The van der Waals surface area contributed by atoms with Crippen LogP contribution in [0.4, 0.5) is 0 Å². The Morgan fingerprint density at radius 2 is 2.07 bits per heavy atom. The van der Waals surface area contributed by atoms with Crippen LogP contribution in [0.3, 0.4) is 0 Å². The van der Waals surface area contributed by atoms with E-state index in [0.29, 0.717) is 0 Å². The third-order valence-corrected chi connectivity index (χ3v) is 2.19. The van der Waals surface area contributed by atoms with Gasteiger partial charge in [0.05, 0.1) is 0 Å². The summed E-state index contributed by atoms with van der Waals surface area (Å²) < 4.78 is 0. The number of hydrogen-bond donors (Lipinski definition) is 1. The predicted octanol–water partition coefficient (Wildman–Crippen LogP) is 3.23. The first-order valence-electron chi connectivity index (χ1n) is 4.91. The second-order valence-corrected chi connectivity index (χ2v) is 3.27. The van der Waals surface area contributed by atoms with Gasteiger partial charge in [-0.15, -0.1) is 5.73 Å². The molecular formula is C13H16O. The molecule has 0 saturated carbocycles. The van der Waals surface area contributed by atoms with E-state index < -0.39 is 6.10 Å². The molecule has 0 amide bonds. The third-order valence-electron chi connectivity index (χ3n) is 2.19. The molecule has 74 valence electrons. The molecule has 0 spiro atoms. The number of hydrogen-bond acceptors (Lipinski definition) is 1. The summed E-state index contributed by atoms with van der Waals surface area (Å²) in [7, 11) is 0. The van der Waals surface area contributed by atoms with E-state index in [1.807, 2.05) is 30.3 Å². The van der Waals surface area contributed by atoms with E-state index in [-0.39, 0.29) is 0 Å². The van der Waals surface area contributed by atoms with Gasteiger partial charge < -0.3 is 5.11 Å². The van der Waals surface area contributed by atoms with Gasteiger partial charge in [0.25, 0.3) is 0 Å². The Balaban J connectivity index is 2.84. The van der Waals surface area contributed by atoms with Gasteiger partial charge in [-0.25, -0.2) is 0 Å². The molecule has 1 aromatic rings. The van der Waals surface area contributed by atoms with Crippen molar-refractivity contribution < 1.29 is 5.11 Å². The maximum atomic E-state index is 9.97. The van der Waals surface area contributed by atoms with Crippen molar-refractivity contribution in [2.24, 2.45) is 0 Å². The van der Waals surface area contributed by atoms with Crippen LogP contribution < -0.4 is 0 Å². The van der Waals surface area contributed by atoms with Crippen LogP contribution in [0.5, 0.6) is 0 Å². The average Bonchev–Trinajstić information content (AvgIpc) is 2.26. The lowest BCUT2D eigenvalue weighted by Crippen LogP contribution is -2.00. The van der Waals surface area contributed by atoms with Crippen molar-refractivity contribution in [3.8, 4) is 0 Å². The molecule has 1 N–H and O–H groups in total. The van der Waals surface area contributed by atoms with E-state index in [4.69, 9.17) is 0 Å². The molecule has 0 fully saturated rings. The lowest BCUT2D eigenvalue weighted by Gasteiger charge is -2.12. The normalized spacial score (nSPS) is 11.9. The Kier molecular flexibility index (Phi) is 4.18. The maximum Gasteiger partial charge on any atom is 0.107 e. The zero-order valence-electron chi connectivity index (χ0n) is 8.53. The minimum Gasteiger partial charge on any atom is -0.383 e. The van der Waals surface area contributed by atoms with Crippen LogP contribution in [-0.4, -0.2) is 5.11 Å². The Bertz CT molecular complexity index is 320. The molecule has 0 aliphatic heterocycles. The molecular weight excluding hydrogens is 172 g/mol. The lowest BCUT2D eigenvalue weighted by atomic mass is 9.99. The summed E-state index contributed by atoms with van der Waals surface area (Å²) in [5, 5.41) is 9.97. The van der Waals surface area contributed by atoms with Gasteiger partial charge in [0.1, 0.15) is 6.10 Å². The molecule has 0 aliphatic rings. The van der Waals surface area contributed by atoms with Crippen LogP contribution in [0.1, 0.15) is 31.4 Å². The predicted molar refractivity (Wildman–Crippen MR) is 59.0 cm³/mol. The van der Waals surface area contributed by atoms with Gasteiger partial charge in [-0.2, -0.15) is 0 Å². The van der Waals surface area contributed by atoms with Gasteiger partial charge >= 0.3 is 0 Å². The van der Waals surface area contributed by atoms with Crippen molar-refractivity contribution in [1.82, 2.24) is 0 Å². The molecule has 1 atom stereocenters. The fourth-order valence-corrected chi connectivity index (χ4v) is 1.43. The van der Waals surface area contributed by atoms with E-state index in [1.165, 1.54) is 0 Å². The highest BCUT2D eigenvalue weighted by Gasteiger charge is 2.10. The Hall–Kier alpha value is -1.30. The number of aliphatic hydroxyl groups excluding tert-OH is 1. The van der Waals surface area contributed by atoms with Crippen LogP contribution >= 0.6 is 0 Å². The number of benzene rings is 1. The van der Waals surface area contributed by atoms with E-state index in [2.05, 4.69) is 19.2 Å². The minimum absolute atomic E-state index is 0.548. The molecule has 1 heteroatoms. The largest absolute Gasteiger partial charge is 0.383 e. The van der Waals surface area contributed by atoms with Crippen LogP contribution in [0, 0.1) is 0 Å². The second-order valence-electron chi connectivity index (χ2n) is 3.27. The highest BCUT2D eigenvalue weighted by molar-refractivity contribution is 5.25. The van der Waals surface area contributed by atoms with Crippen LogP contribution in [0.2, 0.25) is 0 Å². The highest BCUT2D eigenvalue weighted by Crippen LogP contribution is 2.23. The molecule has 0 bridgehead atoms. The number of aliphatic hydroxyl groups is 1. The quantitative estimate of drug-likeness (QED) is 0.719. The van der Waals surface area contributed by atoms with Gasteiger partial charge in [0.2, 0.25) is 0 Å². The fourth-order valence-electron chi connectivity index (χ4n) is 1.43. The molecule has 0 unspecified atom stereocenters. The zero-order valence-corrected chi connectivity index (χ0v) is 8.53. The number of rotatable bonds is 4. The van der Waals surface area contributed by atoms with Crippen molar-refractivity contribution in [3.05, 3.63) is 53.8 Å². The van der Waals surface area contributed by atoms with E-state index in [1.54, 1.807) is 0 Å². The molecule has 0 heterocycles. The summed E-state index contributed by atoms with van der Waals surface area (Å²) in [6.07, 6.45) is 1.30. The maximum absolute atomic E-state index is 9.97. The Labute approximate surface area is 85.4 Å². The van der Waals surface area contributed by atoms with Gasteiger partial charge in [0.15, 0.2) is 0 Å². The van der Waals surface area contributed by atoms with E-state index >= 15 is 0 Å². The highest BCUT2D eigenvalue weighted by atomic mass is 16.3. The first-order valence-corrected chi connectivity index (χ1v) is 4.91. The first-order chi connectivity index (χ1) is 6.79. The van der Waals surface area contributed by atoms with Crippen molar-refractivity contribution in [2.75, 3.05) is 0 Å². The molecule has 14 heavy (non-hydrogen) atoms. The molecule has 0 saturated heterocycles. The summed E-state index contributed by atoms with van der Waals surface area (Å²) >= 11 is 0. The zero-order chi connectivity index (χ0) is 10.4. The monoisotopic (exact) mass is 188 g/mol. The molecule has 1 nitrogen and oxygen atoms in total. The molecule has 0 aromatic heterocycles. The standard InChI is InChI=1S/C13H16O/c1-3-8-11(4-2)13(14)12-9-6-5-7-10-12/h5-7,9-10,13-14H,2-3,8H2,1H3/t13-/m0/s1. The molecule has 1 aromatic carbocycles. The van der Waals surface area contributed by atoms with Crippen molar-refractivity contribution in [1.29, 1.82) is 0 Å². The third kappa shape index (κ3) is 2.59. The van der Waals surface area contributed by atoms with Crippen LogP contribution in [-0.2, 0) is 0 Å². The molecule has 0 aliphatic carbocycles. The van der Waals surface area contributed by atoms with Gasteiger partial charge in [-0.05, 0) is 12.0 Å². The van der Waals surface area contributed by atoms with Crippen LogP contribution in [0.25, 0.3) is 0 Å². The Morgan fingerprint density at radius 3 is 2.57 bits per heavy atom. The van der Waals surface area contributed by atoms with Crippen LogP contribution in [0.15, 0.2) is 48.2 Å². The van der Waals surface area contributed by atoms with Crippen molar-refractivity contribution in [3.63, 3.8) is 0 Å².